The SMILES string of the molecule is CC(=O)OCC1O[C@@H](NCCCCCC(NC(=O)C(CCCCN[C@@H]2OC(COC(C)=O)[C@H](OC(C)=O)C(OC(C)=O)C2OC(C)=O)N[C@@H]2OC(COC(C)=O)[C@H](OC(C)=O)C(OC(C)=O)C2OC(C)=O)C(C)=O)C(OC(C)=O)C(OC(C)=O)[C@H]1OC(C)=O. The van der Waals surface area contributed by atoms with Crippen molar-refractivity contribution in [3.05, 3.63) is 0 Å². The number of rotatable bonds is 33. The Hall–Kier alpha value is -7.46. The molecule has 4 N–H and O–H groups in total. The van der Waals surface area contributed by atoms with Crippen molar-refractivity contribution in [3.63, 3.8) is 0 Å². The summed E-state index contributed by atoms with van der Waals surface area (Å²) in [7, 11) is 0. The molecule has 0 aliphatic carbocycles. The van der Waals surface area contributed by atoms with Crippen molar-refractivity contribution >= 4 is 83.3 Å². The van der Waals surface area contributed by atoms with E-state index in [2.05, 4.69) is 21.3 Å². The van der Waals surface area contributed by atoms with Gasteiger partial charge in [-0.15, -0.1) is 0 Å². The van der Waals surface area contributed by atoms with E-state index < -0.39 is 207 Å². The number of Topliss-reactive ketones (excluding diaryl/α,β-unsaturated/α-hetero) is 1. The van der Waals surface area contributed by atoms with Gasteiger partial charge in [-0.3, -0.25) is 83.1 Å². The first-order chi connectivity index (χ1) is 41.8. The minimum atomic E-state index is -1.66. The molecular formula is C56H84N4O29. The van der Waals surface area contributed by atoms with Gasteiger partial charge >= 0.3 is 71.6 Å². The Morgan fingerprint density at radius 2 is 0.584 bits per heavy atom. The first kappa shape index (κ1) is 75.8. The monoisotopic (exact) mass is 1280 g/mol. The number of ether oxygens (including phenoxy) is 15. The van der Waals surface area contributed by atoms with Gasteiger partial charge in [-0.05, 0) is 45.7 Å². The second-order valence-corrected chi connectivity index (χ2v) is 21.0. The predicted octanol–water partition coefficient (Wildman–Crippen LogP) is -0.822. The Morgan fingerprint density at radius 3 is 0.899 bits per heavy atom. The molecule has 3 saturated heterocycles. The fraction of sp³-hybridized carbons (Fsp3) is 0.750. The van der Waals surface area contributed by atoms with E-state index in [4.69, 9.17) is 71.1 Å². The van der Waals surface area contributed by atoms with Crippen LogP contribution in [0.5, 0.6) is 0 Å². The van der Waals surface area contributed by atoms with Crippen molar-refractivity contribution < 1.29 is 138 Å². The number of carbonyl (C=O) groups excluding carboxylic acids is 14. The molecule has 33 heteroatoms. The smallest absolute Gasteiger partial charge is 0.303 e. The third-order valence-corrected chi connectivity index (χ3v) is 13.2. The van der Waals surface area contributed by atoms with Gasteiger partial charge in [-0.1, -0.05) is 19.3 Å². The third kappa shape index (κ3) is 26.6. The topological polar surface area (TPSA) is 426 Å². The lowest BCUT2D eigenvalue weighted by molar-refractivity contribution is -0.258. The Balaban J connectivity index is 1.96. The highest BCUT2D eigenvalue weighted by Crippen LogP contribution is 2.32. The van der Waals surface area contributed by atoms with Crippen molar-refractivity contribution in [1.29, 1.82) is 0 Å². The van der Waals surface area contributed by atoms with Crippen molar-refractivity contribution in [2.75, 3.05) is 32.9 Å². The molecule has 0 aromatic rings. The number of carbonyl (C=O) groups is 14. The summed E-state index contributed by atoms with van der Waals surface area (Å²) in [5.41, 5.74) is 0. The summed E-state index contributed by atoms with van der Waals surface area (Å²) < 4.78 is 83.7. The van der Waals surface area contributed by atoms with Crippen LogP contribution in [0.1, 0.15) is 135 Å². The molecule has 3 rings (SSSR count). The number of hydrogen-bond acceptors (Lipinski definition) is 32. The van der Waals surface area contributed by atoms with Gasteiger partial charge in [-0.2, -0.15) is 0 Å². The van der Waals surface area contributed by atoms with E-state index in [0.717, 1.165) is 83.1 Å². The molecule has 3 aliphatic rings. The average molecular weight is 1280 g/mol. The van der Waals surface area contributed by atoms with Crippen LogP contribution in [0.3, 0.4) is 0 Å². The first-order valence-electron chi connectivity index (χ1n) is 28.7. The second kappa shape index (κ2) is 37.5. The van der Waals surface area contributed by atoms with Gasteiger partial charge in [0.1, 0.15) is 50.6 Å². The number of ketones is 1. The van der Waals surface area contributed by atoms with Crippen LogP contribution in [-0.4, -0.2) is 220 Å². The zero-order valence-electron chi connectivity index (χ0n) is 52.1. The molecule has 502 valence electrons. The lowest BCUT2D eigenvalue weighted by Gasteiger charge is -2.45. The molecule has 3 fully saturated rings. The molecule has 3 aliphatic heterocycles. The van der Waals surface area contributed by atoms with E-state index in [1.807, 2.05) is 0 Å². The predicted molar refractivity (Wildman–Crippen MR) is 294 cm³/mol. The van der Waals surface area contributed by atoms with Crippen LogP contribution < -0.4 is 21.3 Å². The van der Waals surface area contributed by atoms with Gasteiger partial charge in [0, 0.05) is 83.1 Å². The standard InChI is InChI=1S/C56H84N4O29/c1-26(61)39(19-15-14-17-21-57-54-50(84-36(11)71)47(81-33(8)68)44(78-30(5)65)41(87-54)23-75-27(2)62)59-53(74)40(60-56-52(86-38(13)73)49(83-35(10)70)46(80-32(7)67)43(89-56)25-77-29(4)64)20-16-18-22-58-55-51(85-37(12)72)48(82-34(9)69)45(79-31(6)66)42(88-55)24-76-28(3)63/h39-52,54-58,60H,14-25H2,1-13H3,(H,59,74)/t39?,40?,41?,42?,43?,44-,45-,46-,47?,48?,49?,50?,51?,52?,54+,55+,56+/m0/s1. The molecule has 0 aromatic carbocycles. The molecule has 0 radical (unpaired) electrons. The van der Waals surface area contributed by atoms with Gasteiger partial charge in [0.05, 0.1) is 12.1 Å². The number of unbranched alkanes of at least 4 members (excludes halogenated alkanes) is 3. The summed E-state index contributed by atoms with van der Waals surface area (Å²) in [6.07, 6.45) is -20.0. The van der Waals surface area contributed by atoms with Crippen molar-refractivity contribution in [3.8, 4) is 0 Å². The summed E-state index contributed by atoms with van der Waals surface area (Å²) in [6, 6.07) is -2.51. The molecule has 33 nitrogen and oxygen atoms in total. The average Bonchev–Trinajstić information content (AvgIpc) is 1.01. The Labute approximate surface area is 513 Å². The van der Waals surface area contributed by atoms with E-state index in [1.165, 1.54) is 6.92 Å². The van der Waals surface area contributed by atoms with Crippen LogP contribution in [0.15, 0.2) is 0 Å². The lowest BCUT2D eigenvalue weighted by atomic mass is 9.96. The highest BCUT2D eigenvalue weighted by atomic mass is 16.7. The van der Waals surface area contributed by atoms with Crippen LogP contribution in [0, 0.1) is 0 Å². The molecule has 11 unspecified atom stereocenters. The fourth-order valence-electron chi connectivity index (χ4n) is 9.90. The minimum absolute atomic E-state index is 0.000223. The highest BCUT2D eigenvalue weighted by Gasteiger charge is 2.55. The van der Waals surface area contributed by atoms with Crippen molar-refractivity contribution in [2.45, 2.75) is 239 Å². The fourth-order valence-corrected chi connectivity index (χ4v) is 9.90. The van der Waals surface area contributed by atoms with Gasteiger partial charge < -0.3 is 76.4 Å². The van der Waals surface area contributed by atoms with Crippen LogP contribution in [0.4, 0.5) is 0 Å². The van der Waals surface area contributed by atoms with Crippen LogP contribution in [0.25, 0.3) is 0 Å². The molecule has 1 amide bonds. The van der Waals surface area contributed by atoms with Gasteiger partial charge in [-0.25, -0.2) is 0 Å². The number of nitrogens with one attached hydrogen (secondary N) is 4. The summed E-state index contributed by atoms with van der Waals surface area (Å²) in [6.45, 7) is 12.8. The lowest BCUT2D eigenvalue weighted by Crippen LogP contribution is -2.67. The molecule has 0 bridgehead atoms. The number of amides is 1. The van der Waals surface area contributed by atoms with Crippen molar-refractivity contribution in [2.24, 2.45) is 0 Å². The quantitative estimate of drug-likeness (QED) is 0.0354. The van der Waals surface area contributed by atoms with E-state index in [-0.39, 0.29) is 38.8 Å². The number of esters is 12. The molecule has 17 atom stereocenters. The maximum Gasteiger partial charge on any atom is 0.303 e. The minimum Gasteiger partial charge on any atom is -0.463 e. The zero-order valence-corrected chi connectivity index (χ0v) is 52.1. The maximum atomic E-state index is 14.7. The summed E-state index contributed by atoms with van der Waals surface area (Å²) in [5, 5.41) is 11.9. The molecule has 0 aromatic heterocycles. The van der Waals surface area contributed by atoms with E-state index >= 15 is 0 Å². The molecule has 0 spiro atoms. The highest BCUT2D eigenvalue weighted by molar-refractivity contribution is 5.89. The van der Waals surface area contributed by atoms with Crippen molar-refractivity contribution in [1.82, 2.24) is 21.3 Å². The second-order valence-electron chi connectivity index (χ2n) is 21.0. The largest absolute Gasteiger partial charge is 0.463 e. The molecule has 89 heavy (non-hydrogen) atoms. The summed E-state index contributed by atoms with van der Waals surface area (Å²) >= 11 is 0. The number of hydrogen-bond donors (Lipinski definition) is 4. The summed E-state index contributed by atoms with van der Waals surface area (Å²) in [4.78, 5) is 176. The third-order valence-electron chi connectivity index (χ3n) is 13.2. The van der Waals surface area contributed by atoms with Gasteiger partial charge in [0.15, 0.2) is 66.9 Å². The van der Waals surface area contributed by atoms with Crippen LogP contribution in [0.2, 0.25) is 0 Å². The van der Waals surface area contributed by atoms with Gasteiger partial charge in [0.25, 0.3) is 0 Å². The Bertz CT molecular complexity index is 2490. The van der Waals surface area contributed by atoms with E-state index in [9.17, 15) is 67.1 Å². The maximum absolute atomic E-state index is 14.7. The Kier molecular flexibility index (Phi) is 31.9. The van der Waals surface area contributed by atoms with Crippen LogP contribution in [-0.2, 0) is 138 Å². The van der Waals surface area contributed by atoms with E-state index in [1.54, 1.807) is 0 Å². The molecule has 0 saturated carbocycles. The first-order valence-corrected chi connectivity index (χ1v) is 28.7. The van der Waals surface area contributed by atoms with Gasteiger partial charge in [0.2, 0.25) is 5.91 Å². The molecule has 3 heterocycles. The summed E-state index contributed by atoms with van der Waals surface area (Å²) in [5.74, 6) is -11.1. The molecular weight excluding hydrogens is 1190 g/mol. The van der Waals surface area contributed by atoms with Crippen LogP contribution >= 0.6 is 0 Å². The Morgan fingerprint density at radius 1 is 0.315 bits per heavy atom. The normalized spacial score (nSPS) is 27.0. The van der Waals surface area contributed by atoms with E-state index in [0.29, 0.717) is 19.3 Å². The zero-order chi connectivity index (χ0) is 66.8.